The summed E-state index contributed by atoms with van der Waals surface area (Å²) in [7, 11) is 0. The molecule has 0 amide bonds. The third-order valence-electron chi connectivity index (χ3n) is 4.59. The molecule has 0 bridgehead atoms. The van der Waals surface area contributed by atoms with Crippen molar-refractivity contribution in [3.63, 3.8) is 0 Å². The number of rotatable bonds is 6. The molecule has 0 spiro atoms. The van der Waals surface area contributed by atoms with Crippen LogP contribution < -0.4 is 5.32 Å². The topological polar surface area (TPSA) is 41.0 Å². The number of thiophene rings is 2. The zero-order valence-electron chi connectivity index (χ0n) is 16.4. The maximum atomic E-state index is 5.59. The predicted molar refractivity (Wildman–Crippen MR) is 130 cm³/mol. The van der Waals surface area contributed by atoms with Crippen LogP contribution >= 0.6 is 34.9 Å². The molecule has 1 aromatic carbocycles. The summed E-state index contributed by atoms with van der Waals surface area (Å²) in [6, 6.07) is 14.4. The highest BCUT2D eigenvalue weighted by Crippen LogP contribution is 2.35. The van der Waals surface area contributed by atoms with Crippen molar-refractivity contribution in [2.75, 3.05) is 18.4 Å². The van der Waals surface area contributed by atoms with E-state index in [9.17, 15) is 0 Å². The van der Waals surface area contributed by atoms with Crippen molar-refractivity contribution in [3.8, 4) is 21.1 Å². The normalized spacial score (nSPS) is 11.0. The Kier molecular flexibility index (Phi) is 6.18. The first-order valence-corrected chi connectivity index (χ1v) is 11.8. The van der Waals surface area contributed by atoms with Crippen LogP contribution in [0.2, 0.25) is 0 Å². The molecule has 29 heavy (non-hydrogen) atoms. The van der Waals surface area contributed by atoms with Gasteiger partial charge in [-0.25, -0.2) is 9.97 Å². The highest BCUT2D eigenvalue weighted by atomic mass is 32.1. The Hall–Kier alpha value is -2.35. The van der Waals surface area contributed by atoms with Crippen LogP contribution in [0.15, 0.2) is 53.2 Å². The Morgan fingerprint density at radius 2 is 1.62 bits per heavy atom. The Balaban J connectivity index is 1.74. The van der Waals surface area contributed by atoms with E-state index in [1.807, 2.05) is 30.3 Å². The van der Waals surface area contributed by atoms with Gasteiger partial charge in [0.15, 0.2) is 5.11 Å². The molecule has 0 aliphatic carbocycles. The minimum Gasteiger partial charge on any atom is -0.349 e. The van der Waals surface area contributed by atoms with Gasteiger partial charge < -0.3 is 10.2 Å². The Morgan fingerprint density at radius 1 is 0.966 bits per heavy atom. The first-order chi connectivity index (χ1) is 14.2. The largest absolute Gasteiger partial charge is 0.349 e. The fourth-order valence-electron chi connectivity index (χ4n) is 3.18. The van der Waals surface area contributed by atoms with Crippen LogP contribution in [0.4, 0.5) is 5.69 Å². The first-order valence-electron chi connectivity index (χ1n) is 9.65. The van der Waals surface area contributed by atoms with Gasteiger partial charge in [0.05, 0.1) is 20.8 Å². The lowest BCUT2D eigenvalue weighted by Gasteiger charge is -2.23. The zero-order chi connectivity index (χ0) is 20.2. The second-order valence-corrected chi connectivity index (χ2v) is 8.87. The molecule has 0 saturated carbocycles. The molecule has 1 N–H and O–H groups in total. The molecule has 4 nitrogen and oxygen atoms in total. The number of nitrogens with zero attached hydrogens (tertiary/aromatic N) is 3. The van der Waals surface area contributed by atoms with E-state index in [1.165, 1.54) is 0 Å². The maximum Gasteiger partial charge on any atom is 0.173 e. The highest BCUT2D eigenvalue weighted by Gasteiger charge is 2.15. The van der Waals surface area contributed by atoms with Gasteiger partial charge >= 0.3 is 0 Å². The third-order valence-corrected chi connectivity index (χ3v) is 6.70. The van der Waals surface area contributed by atoms with Crippen LogP contribution in [0.25, 0.3) is 32.2 Å². The molecule has 4 rings (SSSR count). The summed E-state index contributed by atoms with van der Waals surface area (Å²) in [4.78, 5) is 14.4. The van der Waals surface area contributed by atoms with E-state index in [-0.39, 0.29) is 0 Å². The molecule has 0 atom stereocenters. The molecule has 0 aliphatic rings. The van der Waals surface area contributed by atoms with Crippen LogP contribution in [-0.4, -0.2) is 33.1 Å². The molecule has 0 fully saturated rings. The summed E-state index contributed by atoms with van der Waals surface area (Å²) in [6.07, 6.45) is 1.06. The second kappa shape index (κ2) is 8.98. The van der Waals surface area contributed by atoms with Crippen molar-refractivity contribution in [1.29, 1.82) is 0 Å². The summed E-state index contributed by atoms with van der Waals surface area (Å²) in [5.74, 6) is 0. The molecule has 3 heterocycles. The van der Waals surface area contributed by atoms with Crippen molar-refractivity contribution < 1.29 is 0 Å². The van der Waals surface area contributed by atoms with Crippen LogP contribution in [0.3, 0.4) is 0 Å². The SMILES string of the molecule is CCCN(CC)C(=S)Nc1ccc2nc(-c3cccs3)c(-c3cccs3)nc2c1. The monoisotopic (exact) mass is 438 g/mol. The summed E-state index contributed by atoms with van der Waals surface area (Å²) >= 11 is 8.96. The summed E-state index contributed by atoms with van der Waals surface area (Å²) in [6.45, 7) is 6.12. The number of fused-ring (bicyclic) bond motifs is 1. The lowest BCUT2D eigenvalue weighted by Crippen LogP contribution is -2.35. The summed E-state index contributed by atoms with van der Waals surface area (Å²) in [5.41, 5.74) is 4.54. The Morgan fingerprint density at radius 3 is 2.17 bits per heavy atom. The first kappa shape index (κ1) is 19.9. The van der Waals surface area contributed by atoms with Gasteiger partial charge in [0.2, 0.25) is 0 Å². The van der Waals surface area contributed by atoms with Gasteiger partial charge in [-0.3, -0.25) is 0 Å². The molecule has 3 aromatic heterocycles. The summed E-state index contributed by atoms with van der Waals surface area (Å²) in [5, 5.41) is 8.25. The van der Waals surface area contributed by atoms with E-state index in [2.05, 4.69) is 47.0 Å². The van der Waals surface area contributed by atoms with E-state index in [1.54, 1.807) is 22.7 Å². The van der Waals surface area contributed by atoms with E-state index >= 15 is 0 Å². The van der Waals surface area contributed by atoms with E-state index < -0.39 is 0 Å². The van der Waals surface area contributed by atoms with Gasteiger partial charge in [-0.2, -0.15) is 0 Å². The molecule has 7 heteroatoms. The van der Waals surface area contributed by atoms with Crippen molar-refractivity contribution in [2.45, 2.75) is 20.3 Å². The minimum atomic E-state index is 0.746. The van der Waals surface area contributed by atoms with Crippen molar-refractivity contribution in [3.05, 3.63) is 53.2 Å². The van der Waals surface area contributed by atoms with Crippen LogP contribution in [-0.2, 0) is 0 Å². The van der Waals surface area contributed by atoms with E-state index in [0.29, 0.717) is 0 Å². The van der Waals surface area contributed by atoms with Gasteiger partial charge in [0, 0.05) is 18.8 Å². The van der Waals surface area contributed by atoms with Gasteiger partial charge in [-0.1, -0.05) is 19.1 Å². The lowest BCUT2D eigenvalue weighted by molar-refractivity contribution is 0.446. The van der Waals surface area contributed by atoms with Crippen molar-refractivity contribution in [2.24, 2.45) is 0 Å². The fraction of sp³-hybridized carbons (Fsp3) is 0.227. The van der Waals surface area contributed by atoms with E-state index in [0.717, 1.165) is 62.5 Å². The smallest absolute Gasteiger partial charge is 0.173 e. The third kappa shape index (κ3) is 4.32. The van der Waals surface area contributed by atoms with Crippen molar-refractivity contribution >= 4 is 56.7 Å². The molecule has 148 valence electrons. The average Bonchev–Trinajstić information content (AvgIpc) is 3.45. The van der Waals surface area contributed by atoms with E-state index in [4.69, 9.17) is 22.2 Å². The standard InChI is InChI=1S/C22H22N4S3/c1-3-11-26(4-2)22(27)23-15-9-10-16-17(14-15)25-21(19-8-6-13-29-19)20(24-16)18-7-5-12-28-18/h5-10,12-14H,3-4,11H2,1-2H3,(H,23,27). The molecule has 4 aromatic rings. The fourth-order valence-corrected chi connectivity index (χ4v) is 4.95. The van der Waals surface area contributed by atoms with Gasteiger partial charge in [0.1, 0.15) is 11.4 Å². The summed E-state index contributed by atoms with van der Waals surface area (Å²) < 4.78 is 0. The predicted octanol–water partition coefficient (Wildman–Crippen LogP) is 6.52. The van der Waals surface area contributed by atoms with Crippen molar-refractivity contribution in [1.82, 2.24) is 14.9 Å². The highest BCUT2D eigenvalue weighted by molar-refractivity contribution is 7.80. The van der Waals surface area contributed by atoms with Crippen LogP contribution in [0.5, 0.6) is 0 Å². The number of aromatic nitrogens is 2. The zero-order valence-corrected chi connectivity index (χ0v) is 18.8. The number of benzene rings is 1. The molecular weight excluding hydrogens is 416 g/mol. The average molecular weight is 439 g/mol. The van der Waals surface area contributed by atoms with Crippen LogP contribution in [0.1, 0.15) is 20.3 Å². The maximum absolute atomic E-state index is 5.59. The number of nitrogens with one attached hydrogen (secondary N) is 1. The molecule has 0 saturated heterocycles. The molecule has 0 unspecified atom stereocenters. The minimum absolute atomic E-state index is 0.746. The lowest BCUT2D eigenvalue weighted by atomic mass is 10.2. The van der Waals surface area contributed by atoms with Crippen LogP contribution in [0, 0.1) is 0 Å². The molecule has 0 radical (unpaired) electrons. The Labute approximate surface area is 184 Å². The molecular formula is C22H22N4S3. The van der Waals surface area contributed by atoms with Gasteiger partial charge in [-0.05, 0) is 66.7 Å². The second-order valence-electron chi connectivity index (χ2n) is 6.59. The molecule has 0 aliphatic heterocycles. The Bertz CT molecular complexity index is 1100. The van der Waals surface area contributed by atoms with Gasteiger partial charge in [-0.15, -0.1) is 22.7 Å². The number of thiocarbonyl (C=S) groups is 1. The quantitative estimate of drug-likeness (QED) is 0.347. The number of hydrogen-bond donors (Lipinski definition) is 1. The van der Waals surface area contributed by atoms with Gasteiger partial charge in [0.25, 0.3) is 0 Å². The number of anilines is 1. The number of hydrogen-bond acceptors (Lipinski definition) is 5.